The fourth-order valence-corrected chi connectivity index (χ4v) is 3.08. The van der Waals surface area contributed by atoms with Crippen molar-refractivity contribution in [3.63, 3.8) is 0 Å². The molecule has 0 aromatic heterocycles. The lowest BCUT2D eigenvalue weighted by molar-refractivity contribution is -0.117. The number of carbonyl (C=O) groups excluding carboxylic acids is 1. The Kier molecular flexibility index (Phi) is 6.01. The van der Waals surface area contributed by atoms with Gasteiger partial charge in [0.1, 0.15) is 11.5 Å². The Bertz CT molecular complexity index is 831. The first kappa shape index (κ1) is 19.2. The van der Waals surface area contributed by atoms with Gasteiger partial charge in [0.25, 0.3) is 0 Å². The van der Waals surface area contributed by atoms with E-state index in [9.17, 15) is 4.79 Å². The normalized spacial score (nSPS) is 15.4. The van der Waals surface area contributed by atoms with E-state index in [1.165, 1.54) is 18.4 Å². The van der Waals surface area contributed by atoms with Crippen molar-refractivity contribution in [3.8, 4) is 17.6 Å². The van der Waals surface area contributed by atoms with Crippen molar-refractivity contribution in [2.24, 2.45) is 11.3 Å². The van der Waals surface area contributed by atoms with Gasteiger partial charge in [0.15, 0.2) is 0 Å². The van der Waals surface area contributed by atoms with Crippen LogP contribution in [0.5, 0.6) is 5.75 Å². The molecule has 0 saturated heterocycles. The van der Waals surface area contributed by atoms with Crippen LogP contribution >= 0.6 is 0 Å². The monoisotopic (exact) mass is 360 g/mol. The molecule has 0 amide bonds. The van der Waals surface area contributed by atoms with Gasteiger partial charge in [0.05, 0.1) is 6.61 Å². The number of hydrogen-bond donors (Lipinski definition) is 0. The van der Waals surface area contributed by atoms with Gasteiger partial charge < -0.3 is 9.53 Å². The van der Waals surface area contributed by atoms with Crippen LogP contribution in [0, 0.1) is 23.2 Å². The maximum Gasteiger partial charge on any atom is 0.130 e. The number of rotatable bonds is 7. The number of ether oxygens (including phenoxy) is 1. The van der Waals surface area contributed by atoms with Crippen molar-refractivity contribution in [3.05, 3.63) is 65.2 Å². The third-order valence-electron chi connectivity index (χ3n) is 5.07. The summed E-state index contributed by atoms with van der Waals surface area (Å²) in [5.41, 5.74) is 3.63. The van der Waals surface area contributed by atoms with Gasteiger partial charge in [-0.3, -0.25) is 0 Å². The molecule has 1 aliphatic carbocycles. The summed E-state index contributed by atoms with van der Waals surface area (Å²) in [7, 11) is 0. The van der Waals surface area contributed by atoms with Gasteiger partial charge in [-0.2, -0.15) is 0 Å². The van der Waals surface area contributed by atoms with Crippen molar-refractivity contribution in [2.75, 3.05) is 6.61 Å². The van der Waals surface area contributed by atoms with Crippen LogP contribution in [0.3, 0.4) is 0 Å². The molecule has 1 fully saturated rings. The van der Waals surface area contributed by atoms with Crippen LogP contribution in [0.25, 0.3) is 0 Å². The summed E-state index contributed by atoms with van der Waals surface area (Å²) < 4.78 is 5.85. The van der Waals surface area contributed by atoms with Crippen LogP contribution in [0.1, 0.15) is 56.7 Å². The molecular weight excluding hydrogens is 332 g/mol. The quantitative estimate of drug-likeness (QED) is 0.616. The molecule has 3 rings (SSSR count). The summed E-state index contributed by atoms with van der Waals surface area (Å²) in [4.78, 5) is 11.2. The zero-order valence-electron chi connectivity index (χ0n) is 16.5. The third-order valence-corrected chi connectivity index (χ3v) is 5.07. The van der Waals surface area contributed by atoms with Crippen molar-refractivity contribution in [1.29, 1.82) is 0 Å². The summed E-state index contributed by atoms with van der Waals surface area (Å²) >= 11 is 0. The molecule has 1 aliphatic rings. The molecule has 140 valence electrons. The summed E-state index contributed by atoms with van der Waals surface area (Å²) in [6, 6.07) is 16.3. The molecule has 2 heteroatoms. The predicted octanol–water partition coefficient (Wildman–Crippen LogP) is 5.42. The Morgan fingerprint density at radius 1 is 1.04 bits per heavy atom. The maximum atomic E-state index is 11.2. The molecule has 0 heterocycles. The first-order valence-electron chi connectivity index (χ1n) is 9.75. The van der Waals surface area contributed by atoms with Crippen LogP contribution in [0.4, 0.5) is 0 Å². The topological polar surface area (TPSA) is 26.3 Å². The second-order valence-corrected chi connectivity index (χ2v) is 8.29. The minimum atomic E-state index is 0.253. The van der Waals surface area contributed by atoms with Crippen LogP contribution in [-0.4, -0.2) is 12.4 Å². The second kappa shape index (κ2) is 8.44. The molecule has 0 spiro atoms. The predicted molar refractivity (Wildman–Crippen MR) is 110 cm³/mol. The van der Waals surface area contributed by atoms with Crippen molar-refractivity contribution in [1.82, 2.24) is 0 Å². The van der Waals surface area contributed by atoms with Gasteiger partial charge in [0.2, 0.25) is 0 Å². The highest BCUT2D eigenvalue weighted by molar-refractivity contribution is 5.75. The van der Waals surface area contributed by atoms with Crippen LogP contribution < -0.4 is 4.74 Å². The second-order valence-electron chi connectivity index (χ2n) is 8.29. The van der Waals surface area contributed by atoms with E-state index < -0.39 is 0 Å². The number of hydrogen-bond acceptors (Lipinski definition) is 2. The zero-order chi connectivity index (χ0) is 19.3. The molecule has 1 unspecified atom stereocenters. The SMILES string of the molecule is CC(=O)CC(C)Cc1ccc(C#Cc2ccc(OCC3(C)CC3)cc2)cc1. The van der Waals surface area contributed by atoms with E-state index in [0.717, 1.165) is 29.9 Å². The fourth-order valence-electron chi connectivity index (χ4n) is 3.08. The number of ketones is 1. The van der Waals surface area contributed by atoms with Crippen molar-refractivity contribution < 1.29 is 9.53 Å². The van der Waals surface area contributed by atoms with E-state index in [1.807, 2.05) is 24.3 Å². The van der Waals surface area contributed by atoms with Crippen molar-refractivity contribution >= 4 is 5.78 Å². The lowest BCUT2D eigenvalue weighted by atomic mass is 9.96. The smallest absolute Gasteiger partial charge is 0.130 e. The Morgan fingerprint density at radius 2 is 1.59 bits per heavy atom. The lowest BCUT2D eigenvalue weighted by Crippen LogP contribution is -2.08. The Balaban J connectivity index is 1.54. The van der Waals surface area contributed by atoms with E-state index in [-0.39, 0.29) is 5.78 Å². The van der Waals surface area contributed by atoms with Gasteiger partial charge in [-0.1, -0.05) is 37.8 Å². The first-order chi connectivity index (χ1) is 12.9. The van der Waals surface area contributed by atoms with Crippen LogP contribution in [0.2, 0.25) is 0 Å². The number of carbonyl (C=O) groups is 1. The summed E-state index contributed by atoms with van der Waals surface area (Å²) in [5, 5.41) is 0. The molecular formula is C25H28O2. The Labute approximate surface area is 163 Å². The lowest BCUT2D eigenvalue weighted by Gasteiger charge is -2.10. The molecule has 1 atom stereocenters. The standard InChI is InChI=1S/C25H28O2/c1-19(16-20(2)26)17-23-8-6-21(7-9-23)4-5-22-10-12-24(13-11-22)27-18-25(3)14-15-25/h6-13,19H,14-18H2,1-3H3. The average Bonchev–Trinajstić information content (AvgIpc) is 3.37. The summed E-state index contributed by atoms with van der Waals surface area (Å²) in [5.74, 6) is 7.97. The molecule has 27 heavy (non-hydrogen) atoms. The van der Waals surface area contributed by atoms with Gasteiger partial charge in [0, 0.05) is 23.0 Å². The van der Waals surface area contributed by atoms with Gasteiger partial charge in [-0.15, -0.1) is 0 Å². The van der Waals surface area contributed by atoms with Gasteiger partial charge in [-0.05, 0) is 74.1 Å². The molecule has 2 aromatic rings. The van der Waals surface area contributed by atoms with E-state index in [1.54, 1.807) is 6.92 Å². The van der Waals surface area contributed by atoms with Gasteiger partial charge >= 0.3 is 0 Å². The van der Waals surface area contributed by atoms with Crippen molar-refractivity contribution in [2.45, 2.75) is 46.5 Å². The van der Waals surface area contributed by atoms with E-state index in [4.69, 9.17) is 4.74 Å². The first-order valence-corrected chi connectivity index (χ1v) is 9.75. The highest BCUT2D eigenvalue weighted by atomic mass is 16.5. The highest BCUT2D eigenvalue weighted by Gasteiger charge is 2.38. The molecule has 0 bridgehead atoms. The fraction of sp³-hybridized carbons (Fsp3) is 0.400. The summed E-state index contributed by atoms with van der Waals surface area (Å²) in [6.07, 6.45) is 4.10. The molecule has 0 N–H and O–H groups in total. The minimum absolute atomic E-state index is 0.253. The van der Waals surface area contributed by atoms with Gasteiger partial charge in [-0.25, -0.2) is 0 Å². The van der Waals surface area contributed by atoms with Crippen LogP contribution in [-0.2, 0) is 11.2 Å². The largest absolute Gasteiger partial charge is 0.493 e. The number of Topliss-reactive ketones (excluding diaryl/α,β-unsaturated/α-hetero) is 1. The zero-order valence-corrected chi connectivity index (χ0v) is 16.5. The Hall–Kier alpha value is -2.53. The van der Waals surface area contributed by atoms with E-state index >= 15 is 0 Å². The molecule has 1 saturated carbocycles. The van der Waals surface area contributed by atoms with E-state index in [2.05, 4.69) is 50.0 Å². The Morgan fingerprint density at radius 3 is 2.11 bits per heavy atom. The molecule has 0 aliphatic heterocycles. The molecule has 2 aromatic carbocycles. The summed E-state index contributed by atoms with van der Waals surface area (Å²) in [6.45, 7) is 6.84. The maximum absolute atomic E-state index is 11.2. The minimum Gasteiger partial charge on any atom is -0.493 e. The van der Waals surface area contributed by atoms with E-state index in [0.29, 0.717) is 17.8 Å². The van der Waals surface area contributed by atoms with Crippen LogP contribution in [0.15, 0.2) is 48.5 Å². The molecule has 0 radical (unpaired) electrons. The average molecular weight is 360 g/mol. The third kappa shape index (κ3) is 6.29. The highest BCUT2D eigenvalue weighted by Crippen LogP contribution is 2.45. The molecule has 2 nitrogen and oxygen atoms in total. The number of benzene rings is 2.